The van der Waals surface area contributed by atoms with Gasteiger partial charge in [-0.1, -0.05) is 97.1 Å². The highest BCUT2D eigenvalue weighted by Gasteiger charge is 2.42. The van der Waals surface area contributed by atoms with Crippen molar-refractivity contribution in [2.75, 3.05) is 63.0 Å². The summed E-state index contributed by atoms with van der Waals surface area (Å²) in [5, 5.41) is 24.9. The summed E-state index contributed by atoms with van der Waals surface area (Å²) in [5.74, 6) is -1.53. The molecule has 1 atom stereocenters. The number of fused-ring (bicyclic) bond motifs is 2. The molecule has 0 radical (unpaired) electrons. The van der Waals surface area contributed by atoms with Crippen molar-refractivity contribution in [1.82, 2.24) is 30.4 Å². The van der Waals surface area contributed by atoms with E-state index in [0.29, 0.717) is 102 Å². The SMILES string of the molecule is Cc1cc(NC(=O)NCCN2CCC(Cc3ccccc3)(OC(=O)CC(O)C(=O)OC3(Cc4ccccc4)CCN(CCNC(=O)Nc4cc(C)nc5ccccc45)CC3)CC2)c2ccccc2n1. The third-order valence-corrected chi connectivity index (χ3v) is 13.2. The molecule has 2 saturated heterocycles. The van der Waals surface area contributed by atoms with Crippen LogP contribution < -0.4 is 21.3 Å². The number of aryl methyl sites for hydroxylation is 2. The summed E-state index contributed by atoms with van der Waals surface area (Å²) < 4.78 is 12.5. The van der Waals surface area contributed by atoms with Crippen LogP contribution in [-0.2, 0) is 31.9 Å². The first kappa shape index (κ1) is 48.5. The number of urea groups is 2. The number of benzene rings is 4. The summed E-state index contributed by atoms with van der Waals surface area (Å²) in [7, 11) is 0. The van der Waals surface area contributed by atoms with E-state index in [4.69, 9.17) is 9.47 Å². The van der Waals surface area contributed by atoms with Gasteiger partial charge in [-0.15, -0.1) is 0 Å². The third-order valence-electron chi connectivity index (χ3n) is 13.2. The molecule has 0 spiro atoms. The number of nitrogens with one attached hydrogen (secondary N) is 4. The predicted octanol–water partition coefficient (Wildman–Crippen LogP) is 7.34. The number of hydrogen-bond donors (Lipinski definition) is 5. The van der Waals surface area contributed by atoms with E-state index in [0.717, 1.165) is 44.3 Å². The maximum Gasteiger partial charge on any atom is 0.336 e. The van der Waals surface area contributed by atoms with E-state index < -0.39 is 35.7 Å². The lowest BCUT2D eigenvalue weighted by Gasteiger charge is -2.42. The van der Waals surface area contributed by atoms with Gasteiger partial charge in [0.05, 0.1) is 28.8 Å². The van der Waals surface area contributed by atoms with Gasteiger partial charge in [0, 0.05) is 113 Å². The number of aliphatic hydroxyl groups is 1. The molecular formula is C54H62N8O7. The highest BCUT2D eigenvalue weighted by molar-refractivity contribution is 6.01. The van der Waals surface area contributed by atoms with Gasteiger partial charge in [-0.2, -0.15) is 0 Å². The molecule has 5 N–H and O–H groups in total. The Morgan fingerprint density at radius 1 is 0.594 bits per heavy atom. The average molecular weight is 935 g/mol. The lowest BCUT2D eigenvalue weighted by Crippen LogP contribution is -2.51. The molecule has 2 aromatic heterocycles. The van der Waals surface area contributed by atoms with Gasteiger partial charge in [0.25, 0.3) is 0 Å². The lowest BCUT2D eigenvalue weighted by molar-refractivity contribution is -0.182. The predicted molar refractivity (Wildman–Crippen MR) is 267 cm³/mol. The van der Waals surface area contributed by atoms with Crippen molar-refractivity contribution >= 4 is 57.2 Å². The number of anilines is 2. The molecule has 15 heteroatoms. The van der Waals surface area contributed by atoms with Crippen LogP contribution in [0.3, 0.4) is 0 Å². The first-order valence-electron chi connectivity index (χ1n) is 23.9. The molecule has 1 unspecified atom stereocenters. The van der Waals surface area contributed by atoms with E-state index in [2.05, 4.69) is 41.0 Å². The number of rotatable bonds is 17. The third kappa shape index (κ3) is 13.2. The number of hydrogen-bond acceptors (Lipinski definition) is 11. The number of carbonyl (C=O) groups is 4. The molecule has 15 nitrogen and oxygen atoms in total. The summed E-state index contributed by atoms with van der Waals surface area (Å²) in [6.45, 7) is 8.24. The minimum absolute atomic E-state index is 0.304. The Morgan fingerprint density at radius 3 is 1.45 bits per heavy atom. The minimum atomic E-state index is -1.72. The van der Waals surface area contributed by atoms with Crippen LogP contribution >= 0.6 is 0 Å². The molecule has 4 amide bonds. The van der Waals surface area contributed by atoms with Crippen molar-refractivity contribution < 1.29 is 33.8 Å². The van der Waals surface area contributed by atoms with Crippen LogP contribution in [0.5, 0.6) is 0 Å². The first-order valence-corrected chi connectivity index (χ1v) is 23.9. The number of carbonyl (C=O) groups excluding carboxylic acids is 4. The summed E-state index contributed by atoms with van der Waals surface area (Å²) >= 11 is 0. The number of likely N-dealkylation sites (tertiary alicyclic amines) is 2. The number of aliphatic hydroxyl groups excluding tert-OH is 1. The van der Waals surface area contributed by atoms with Crippen molar-refractivity contribution in [3.05, 3.63) is 144 Å². The fraction of sp³-hybridized carbons (Fsp3) is 0.370. The maximum atomic E-state index is 13.8. The normalized spacial score (nSPS) is 16.3. The Morgan fingerprint density at radius 2 is 1.00 bits per heavy atom. The molecule has 360 valence electrons. The van der Waals surface area contributed by atoms with Crippen LogP contribution in [0.15, 0.2) is 121 Å². The number of aromatic nitrogens is 2. The largest absolute Gasteiger partial charge is 0.459 e. The van der Waals surface area contributed by atoms with Gasteiger partial charge in [0.15, 0.2) is 6.10 Å². The molecule has 4 aromatic carbocycles. The Bertz CT molecular complexity index is 2720. The molecule has 2 aliphatic heterocycles. The second-order valence-electron chi connectivity index (χ2n) is 18.4. The molecule has 0 aliphatic carbocycles. The molecule has 4 heterocycles. The molecule has 69 heavy (non-hydrogen) atoms. The van der Waals surface area contributed by atoms with Crippen molar-refractivity contribution in [3.8, 4) is 0 Å². The second-order valence-corrected chi connectivity index (χ2v) is 18.4. The van der Waals surface area contributed by atoms with E-state index in [1.54, 1.807) is 0 Å². The number of ether oxygens (including phenoxy) is 2. The number of para-hydroxylation sites is 2. The second kappa shape index (κ2) is 22.4. The zero-order valence-corrected chi connectivity index (χ0v) is 39.4. The highest BCUT2D eigenvalue weighted by Crippen LogP contribution is 2.34. The highest BCUT2D eigenvalue weighted by atomic mass is 16.6. The smallest absolute Gasteiger partial charge is 0.336 e. The van der Waals surface area contributed by atoms with Crippen LogP contribution in [-0.4, -0.2) is 119 Å². The van der Waals surface area contributed by atoms with Gasteiger partial charge >= 0.3 is 24.0 Å². The summed E-state index contributed by atoms with van der Waals surface area (Å²) in [4.78, 5) is 66.9. The molecule has 0 bridgehead atoms. The number of piperidine rings is 2. The van der Waals surface area contributed by atoms with Crippen molar-refractivity contribution in [1.29, 1.82) is 0 Å². The summed E-state index contributed by atoms with van der Waals surface area (Å²) in [6.07, 6.45) is 0.723. The number of esters is 2. The summed E-state index contributed by atoms with van der Waals surface area (Å²) in [5.41, 5.74) is 4.87. The van der Waals surface area contributed by atoms with Crippen LogP contribution in [0.2, 0.25) is 0 Å². The standard InChI is InChI=1S/C54H62N8O7/c1-38-33-46(42-17-9-11-19-44(42)57-38)59-51(66)55-25-31-61-27-21-53(22-28-61,36-40-13-5-3-6-14-40)68-49(64)35-48(63)50(65)69-54(37-41-15-7-4-8-16-41)23-29-62(30-24-54)32-26-56-52(67)60-47-34-39(2)58-45-20-12-10-18-43(45)47/h3-20,33-34,48,63H,21-32,35-37H2,1-2H3,(H2,55,57,59,66)(H2,56,58,60,67). The molecule has 6 aromatic rings. The van der Waals surface area contributed by atoms with E-state index in [9.17, 15) is 24.3 Å². The Kier molecular flexibility index (Phi) is 15.8. The lowest BCUT2D eigenvalue weighted by atomic mass is 9.84. The van der Waals surface area contributed by atoms with E-state index in [1.165, 1.54) is 0 Å². The number of amides is 4. The van der Waals surface area contributed by atoms with Gasteiger partial charge in [-0.25, -0.2) is 14.4 Å². The number of nitrogens with zero attached hydrogens (tertiary/aromatic N) is 4. The van der Waals surface area contributed by atoms with Crippen LogP contribution in [0.1, 0.15) is 54.6 Å². The Hall–Kier alpha value is -6.94. The molecular weight excluding hydrogens is 873 g/mol. The molecule has 2 aliphatic rings. The number of pyridine rings is 2. The first-order chi connectivity index (χ1) is 33.4. The Labute approximate surface area is 403 Å². The topological polar surface area (TPSA) is 187 Å². The van der Waals surface area contributed by atoms with Gasteiger partial charge in [-0.05, 0) is 49.2 Å². The zero-order valence-electron chi connectivity index (χ0n) is 39.4. The Balaban J connectivity index is 0.825. The van der Waals surface area contributed by atoms with Crippen LogP contribution in [0.25, 0.3) is 21.8 Å². The van der Waals surface area contributed by atoms with E-state index >= 15 is 0 Å². The average Bonchev–Trinajstić information content (AvgIpc) is 3.33. The van der Waals surface area contributed by atoms with Crippen LogP contribution in [0, 0.1) is 13.8 Å². The van der Waals surface area contributed by atoms with Gasteiger partial charge in [0.1, 0.15) is 11.2 Å². The zero-order chi connectivity index (χ0) is 48.2. The quantitative estimate of drug-likeness (QED) is 0.0577. The fourth-order valence-electron chi connectivity index (χ4n) is 9.55. The van der Waals surface area contributed by atoms with E-state index in [-0.39, 0.29) is 12.1 Å². The summed E-state index contributed by atoms with van der Waals surface area (Å²) in [6, 6.07) is 38.1. The van der Waals surface area contributed by atoms with Gasteiger partial charge < -0.3 is 45.6 Å². The van der Waals surface area contributed by atoms with Gasteiger partial charge in [0.2, 0.25) is 0 Å². The monoisotopic (exact) mass is 934 g/mol. The molecule has 2 fully saturated rings. The van der Waals surface area contributed by atoms with Gasteiger partial charge in [-0.3, -0.25) is 14.8 Å². The van der Waals surface area contributed by atoms with Crippen molar-refractivity contribution in [2.24, 2.45) is 0 Å². The fourth-order valence-corrected chi connectivity index (χ4v) is 9.55. The molecule has 0 saturated carbocycles. The minimum Gasteiger partial charge on any atom is -0.459 e. The van der Waals surface area contributed by atoms with E-state index in [1.807, 2.05) is 135 Å². The van der Waals surface area contributed by atoms with Crippen LogP contribution in [0.4, 0.5) is 21.0 Å². The molecule has 8 rings (SSSR count). The van der Waals surface area contributed by atoms with Crippen molar-refractivity contribution in [2.45, 2.75) is 76.1 Å². The maximum absolute atomic E-state index is 13.8. The van der Waals surface area contributed by atoms with Crippen molar-refractivity contribution in [3.63, 3.8) is 0 Å².